The Labute approximate surface area is 104 Å². The van der Waals surface area contributed by atoms with E-state index in [0.717, 1.165) is 16.9 Å². The fourth-order valence-electron chi connectivity index (χ4n) is 1.45. The van der Waals surface area contributed by atoms with Crippen molar-refractivity contribution in [3.05, 3.63) is 46.7 Å². The average molecular weight is 252 g/mol. The van der Waals surface area contributed by atoms with Crippen LogP contribution in [0.2, 0.25) is 5.02 Å². The first-order valence-corrected chi connectivity index (χ1v) is 5.48. The standard InChI is InChI=1S/C11H10ClN3S/c1-7-4-5-15(14-7)10-6-8(12)2-3-9(10)11(13)16/h2-6H,1H3,(H2,13,16). The number of aryl methyl sites for hydroxylation is 1. The molecule has 3 nitrogen and oxygen atoms in total. The Hall–Kier alpha value is -1.39. The number of hydrogen-bond acceptors (Lipinski definition) is 2. The number of nitrogens with two attached hydrogens (primary N) is 1. The lowest BCUT2D eigenvalue weighted by molar-refractivity contribution is 0.861. The second-order valence-electron chi connectivity index (χ2n) is 3.43. The molecule has 0 aliphatic heterocycles. The highest BCUT2D eigenvalue weighted by molar-refractivity contribution is 7.80. The molecular weight excluding hydrogens is 242 g/mol. The summed E-state index contributed by atoms with van der Waals surface area (Å²) in [5.41, 5.74) is 8.15. The normalized spacial score (nSPS) is 10.4. The molecule has 5 heteroatoms. The zero-order valence-electron chi connectivity index (χ0n) is 8.64. The van der Waals surface area contributed by atoms with Gasteiger partial charge in [0.25, 0.3) is 0 Å². The molecule has 16 heavy (non-hydrogen) atoms. The van der Waals surface area contributed by atoms with Gasteiger partial charge in [-0.1, -0.05) is 23.8 Å². The minimum atomic E-state index is 0.333. The maximum Gasteiger partial charge on any atom is 0.106 e. The van der Waals surface area contributed by atoms with Crippen molar-refractivity contribution < 1.29 is 0 Å². The molecule has 0 spiro atoms. The zero-order valence-corrected chi connectivity index (χ0v) is 10.2. The molecule has 82 valence electrons. The number of rotatable bonds is 2. The third kappa shape index (κ3) is 2.08. The first-order valence-electron chi connectivity index (χ1n) is 4.70. The van der Waals surface area contributed by atoms with Crippen LogP contribution in [0.3, 0.4) is 0 Å². The Balaban J connectivity index is 2.62. The Kier molecular flexibility index (Phi) is 2.94. The minimum absolute atomic E-state index is 0.333. The lowest BCUT2D eigenvalue weighted by Gasteiger charge is -2.08. The van der Waals surface area contributed by atoms with Gasteiger partial charge >= 0.3 is 0 Å². The van der Waals surface area contributed by atoms with E-state index in [1.54, 1.807) is 22.9 Å². The van der Waals surface area contributed by atoms with E-state index in [0.29, 0.717) is 10.0 Å². The fourth-order valence-corrected chi connectivity index (χ4v) is 1.79. The molecule has 2 aromatic rings. The second kappa shape index (κ2) is 4.23. The van der Waals surface area contributed by atoms with Crippen molar-refractivity contribution in [3.63, 3.8) is 0 Å². The monoisotopic (exact) mass is 251 g/mol. The van der Waals surface area contributed by atoms with Crippen molar-refractivity contribution in [2.24, 2.45) is 5.73 Å². The molecule has 1 aromatic heterocycles. The van der Waals surface area contributed by atoms with Gasteiger partial charge in [0.05, 0.1) is 11.4 Å². The van der Waals surface area contributed by atoms with Crippen LogP contribution < -0.4 is 5.73 Å². The lowest BCUT2D eigenvalue weighted by Crippen LogP contribution is -2.13. The Morgan fingerprint density at radius 3 is 2.75 bits per heavy atom. The predicted octanol–water partition coefficient (Wildman–Crippen LogP) is 2.47. The molecule has 2 rings (SSSR count). The van der Waals surface area contributed by atoms with E-state index in [2.05, 4.69) is 5.10 Å². The molecule has 0 unspecified atom stereocenters. The van der Waals surface area contributed by atoms with Crippen LogP contribution in [0.4, 0.5) is 0 Å². The van der Waals surface area contributed by atoms with Gasteiger partial charge in [0.2, 0.25) is 0 Å². The molecule has 1 heterocycles. The summed E-state index contributed by atoms with van der Waals surface area (Å²) in [5, 5.41) is 4.94. The van der Waals surface area contributed by atoms with Crippen molar-refractivity contribution in [1.29, 1.82) is 0 Å². The molecular formula is C11H10ClN3S. The van der Waals surface area contributed by atoms with Gasteiger partial charge in [0.1, 0.15) is 4.99 Å². The fraction of sp³-hybridized carbons (Fsp3) is 0.0909. The molecule has 0 aliphatic rings. The van der Waals surface area contributed by atoms with Crippen molar-refractivity contribution in [1.82, 2.24) is 9.78 Å². The summed E-state index contributed by atoms with van der Waals surface area (Å²) < 4.78 is 1.72. The van der Waals surface area contributed by atoms with Crippen LogP contribution >= 0.6 is 23.8 Å². The summed E-state index contributed by atoms with van der Waals surface area (Å²) in [6, 6.07) is 7.26. The smallest absolute Gasteiger partial charge is 0.106 e. The van der Waals surface area contributed by atoms with Crippen molar-refractivity contribution in [2.75, 3.05) is 0 Å². The summed E-state index contributed by atoms with van der Waals surface area (Å²) in [4.78, 5) is 0.333. The SMILES string of the molecule is Cc1ccn(-c2cc(Cl)ccc2C(N)=S)n1. The summed E-state index contributed by atoms with van der Waals surface area (Å²) >= 11 is 10.9. The highest BCUT2D eigenvalue weighted by Crippen LogP contribution is 2.19. The number of aromatic nitrogens is 2. The molecule has 1 aromatic carbocycles. The van der Waals surface area contributed by atoms with Crippen molar-refractivity contribution in [2.45, 2.75) is 6.92 Å². The second-order valence-corrected chi connectivity index (χ2v) is 4.30. The van der Waals surface area contributed by atoms with Crippen LogP contribution in [0.1, 0.15) is 11.3 Å². The van der Waals surface area contributed by atoms with E-state index in [9.17, 15) is 0 Å². The van der Waals surface area contributed by atoms with Crippen LogP contribution in [0, 0.1) is 6.92 Å². The molecule has 0 atom stereocenters. The first-order chi connectivity index (χ1) is 7.58. The predicted molar refractivity (Wildman–Crippen MR) is 69.2 cm³/mol. The van der Waals surface area contributed by atoms with Gasteiger partial charge in [-0.25, -0.2) is 4.68 Å². The van der Waals surface area contributed by atoms with Gasteiger partial charge < -0.3 is 5.73 Å². The van der Waals surface area contributed by atoms with Gasteiger partial charge in [0, 0.05) is 16.8 Å². The van der Waals surface area contributed by atoms with E-state index < -0.39 is 0 Å². The highest BCUT2D eigenvalue weighted by atomic mass is 35.5. The number of thiocarbonyl (C=S) groups is 1. The largest absolute Gasteiger partial charge is 0.389 e. The Morgan fingerprint density at radius 2 is 2.19 bits per heavy atom. The molecule has 0 radical (unpaired) electrons. The topological polar surface area (TPSA) is 43.8 Å². The minimum Gasteiger partial charge on any atom is -0.389 e. The molecule has 0 fully saturated rings. The number of benzene rings is 1. The van der Waals surface area contributed by atoms with Crippen LogP contribution in [-0.4, -0.2) is 14.8 Å². The number of halogens is 1. The van der Waals surface area contributed by atoms with E-state index in [1.165, 1.54) is 0 Å². The van der Waals surface area contributed by atoms with Gasteiger partial charge in [0.15, 0.2) is 0 Å². The third-order valence-electron chi connectivity index (χ3n) is 2.19. The third-order valence-corrected chi connectivity index (χ3v) is 2.65. The summed E-state index contributed by atoms with van der Waals surface area (Å²) in [6.07, 6.45) is 1.85. The number of hydrogen-bond donors (Lipinski definition) is 1. The van der Waals surface area contributed by atoms with Gasteiger partial charge in [-0.3, -0.25) is 0 Å². The molecule has 0 saturated carbocycles. The Morgan fingerprint density at radius 1 is 1.44 bits per heavy atom. The van der Waals surface area contributed by atoms with Crippen LogP contribution in [-0.2, 0) is 0 Å². The molecule has 0 saturated heterocycles. The van der Waals surface area contributed by atoms with Gasteiger partial charge in [-0.15, -0.1) is 0 Å². The van der Waals surface area contributed by atoms with Gasteiger partial charge in [-0.05, 0) is 31.2 Å². The van der Waals surface area contributed by atoms with E-state index in [4.69, 9.17) is 29.6 Å². The lowest BCUT2D eigenvalue weighted by atomic mass is 10.2. The van der Waals surface area contributed by atoms with E-state index in [1.807, 2.05) is 19.2 Å². The maximum atomic E-state index is 5.95. The first kappa shape index (κ1) is 11.1. The van der Waals surface area contributed by atoms with Crippen LogP contribution in [0.15, 0.2) is 30.5 Å². The van der Waals surface area contributed by atoms with Crippen LogP contribution in [0.5, 0.6) is 0 Å². The van der Waals surface area contributed by atoms with Gasteiger partial charge in [-0.2, -0.15) is 5.10 Å². The highest BCUT2D eigenvalue weighted by Gasteiger charge is 2.08. The summed E-state index contributed by atoms with van der Waals surface area (Å²) in [7, 11) is 0. The van der Waals surface area contributed by atoms with Crippen LogP contribution in [0.25, 0.3) is 5.69 Å². The maximum absolute atomic E-state index is 5.95. The zero-order chi connectivity index (χ0) is 11.7. The molecule has 0 aliphatic carbocycles. The molecule has 0 amide bonds. The quantitative estimate of drug-likeness (QED) is 0.834. The molecule has 2 N–H and O–H groups in total. The Bertz CT molecular complexity index is 548. The van der Waals surface area contributed by atoms with E-state index >= 15 is 0 Å². The average Bonchev–Trinajstić information content (AvgIpc) is 2.64. The van der Waals surface area contributed by atoms with E-state index in [-0.39, 0.29) is 0 Å². The molecule has 0 bridgehead atoms. The summed E-state index contributed by atoms with van der Waals surface area (Å²) in [6.45, 7) is 1.92. The summed E-state index contributed by atoms with van der Waals surface area (Å²) in [5.74, 6) is 0. The van der Waals surface area contributed by atoms with Crippen molar-refractivity contribution in [3.8, 4) is 5.69 Å². The van der Waals surface area contributed by atoms with Crippen molar-refractivity contribution >= 4 is 28.8 Å². The number of nitrogens with zero attached hydrogens (tertiary/aromatic N) is 2.